The zero-order chi connectivity index (χ0) is 19.2. The lowest BCUT2D eigenvalue weighted by Gasteiger charge is -2.28. The van der Waals surface area contributed by atoms with E-state index in [1.54, 1.807) is 35.4 Å². The smallest absolute Gasteiger partial charge is 0.322 e. The van der Waals surface area contributed by atoms with Crippen molar-refractivity contribution in [3.8, 4) is 0 Å². The highest BCUT2D eigenvalue weighted by atomic mass is 16.2. The van der Waals surface area contributed by atoms with Crippen molar-refractivity contribution in [2.24, 2.45) is 5.92 Å². The number of nitrogens with one attached hydrogen (secondary N) is 2. The predicted molar refractivity (Wildman–Crippen MR) is 106 cm³/mol. The Hall–Kier alpha value is -2.89. The van der Waals surface area contributed by atoms with Gasteiger partial charge in [-0.1, -0.05) is 13.8 Å². The van der Waals surface area contributed by atoms with Crippen molar-refractivity contribution < 1.29 is 9.59 Å². The Bertz CT molecular complexity index is 802. The highest BCUT2D eigenvalue weighted by Gasteiger charge is 2.20. The summed E-state index contributed by atoms with van der Waals surface area (Å²) in [5.41, 5.74) is 3.62. The minimum Gasteiger partial charge on any atom is -0.352 e. The van der Waals surface area contributed by atoms with Crippen LogP contribution < -0.4 is 10.6 Å². The summed E-state index contributed by atoms with van der Waals surface area (Å²) < 4.78 is 0. The second-order valence-electron chi connectivity index (χ2n) is 7.26. The maximum atomic E-state index is 12.5. The third-order valence-electron chi connectivity index (χ3n) is 4.71. The highest BCUT2D eigenvalue weighted by Crippen LogP contribution is 2.19. The molecule has 3 rings (SSSR count). The Balaban J connectivity index is 1.54. The molecule has 2 aromatic rings. The van der Waals surface area contributed by atoms with E-state index in [9.17, 15) is 9.59 Å². The molecule has 6 heteroatoms. The van der Waals surface area contributed by atoms with Gasteiger partial charge in [0.1, 0.15) is 0 Å². The molecule has 0 radical (unpaired) electrons. The molecule has 2 heterocycles. The van der Waals surface area contributed by atoms with Gasteiger partial charge in [0.25, 0.3) is 5.91 Å². The number of carbonyl (C=O) groups is 2. The van der Waals surface area contributed by atoms with Crippen LogP contribution in [0.25, 0.3) is 0 Å². The Morgan fingerprint density at radius 3 is 2.67 bits per heavy atom. The molecular weight excluding hydrogens is 340 g/mol. The molecule has 0 bridgehead atoms. The van der Waals surface area contributed by atoms with Gasteiger partial charge >= 0.3 is 6.03 Å². The number of amides is 3. The van der Waals surface area contributed by atoms with Gasteiger partial charge in [-0.3, -0.25) is 9.78 Å². The summed E-state index contributed by atoms with van der Waals surface area (Å²) >= 11 is 0. The molecule has 1 aromatic heterocycles. The van der Waals surface area contributed by atoms with Gasteiger partial charge in [-0.25, -0.2) is 4.79 Å². The minimum atomic E-state index is -0.133. The molecule has 0 spiro atoms. The third-order valence-corrected chi connectivity index (χ3v) is 4.71. The number of fused-ring (bicyclic) bond motifs is 1. The predicted octanol–water partition coefficient (Wildman–Crippen LogP) is 3.45. The van der Waals surface area contributed by atoms with Crippen molar-refractivity contribution >= 4 is 17.6 Å². The number of pyridine rings is 1. The quantitative estimate of drug-likeness (QED) is 0.851. The van der Waals surface area contributed by atoms with Crippen molar-refractivity contribution in [1.29, 1.82) is 0 Å². The van der Waals surface area contributed by atoms with Gasteiger partial charge in [0, 0.05) is 43.3 Å². The van der Waals surface area contributed by atoms with Gasteiger partial charge in [0.15, 0.2) is 0 Å². The lowest BCUT2D eigenvalue weighted by atomic mass is 10.0. The number of carbonyl (C=O) groups excluding carboxylic acids is 2. The van der Waals surface area contributed by atoms with Crippen LogP contribution in [0.15, 0.2) is 42.7 Å². The largest absolute Gasteiger partial charge is 0.352 e. The molecule has 0 saturated heterocycles. The third kappa shape index (κ3) is 5.06. The fraction of sp³-hybridized carbons (Fsp3) is 0.381. The van der Waals surface area contributed by atoms with Crippen LogP contribution in [0.4, 0.5) is 10.5 Å². The minimum absolute atomic E-state index is 0.0882. The Morgan fingerprint density at radius 2 is 1.93 bits per heavy atom. The number of anilines is 1. The maximum Gasteiger partial charge on any atom is 0.322 e. The SMILES string of the molecule is CC(C)CCNC(=O)c1ccc(NC(=O)N2CCc3cnccc3C2)cc1. The first-order valence-electron chi connectivity index (χ1n) is 9.39. The molecule has 1 aromatic carbocycles. The molecule has 2 N–H and O–H groups in total. The van der Waals surface area contributed by atoms with Crippen molar-refractivity contribution in [2.75, 3.05) is 18.4 Å². The Labute approximate surface area is 160 Å². The van der Waals surface area contributed by atoms with Gasteiger partial charge in [-0.15, -0.1) is 0 Å². The van der Waals surface area contributed by atoms with E-state index in [4.69, 9.17) is 0 Å². The van der Waals surface area contributed by atoms with Crippen molar-refractivity contribution in [3.05, 3.63) is 59.4 Å². The molecule has 0 saturated carbocycles. The van der Waals surface area contributed by atoms with Crippen LogP contribution in [0, 0.1) is 5.92 Å². The molecule has 0 aliphatic carbocycles. The molecule has 0 atom stereocenters. The summed E-state index contributed by atoms with van der Waals surface area (Å²) in [4.78, 5) is 30.6. The van der Waals surface area contributed by atoms with E-state index in [-0.39, 0.29) is 11.9 Å². The molecule has 0 fully saturated rings. The summed E-state index contributed by atoms with van der Waals surface area (Å²) in [5, 5.41) is 5.82. The van der Waals surface area contributed by atoms with Gasteiger partial charge in [0.05, 0.1) is 0 Å². The number of aromatic nitrogens is 1. The molecule has 1 aliphatic rings. The summed E-state index contributed by atoms with van der Waals surface area (Å²) in [5.74, 6) is 0.468. The molecule has 27 heavy (non-hydrogen) atoms. The zero-order valence-corrected chi connectivity index (χ0v) is 15.9. The van der Waals surface area contributed by atoms with Crippen LogP contribution in [-0.4, -0.2) is 34.9 Å². The van der Waals surface area contributed by atoms with Crippen LogP contribution in [0.3, 0.4) is 0 Å². The number of hydrogen-bond acceptors (Lipinski definition) is 3. The van der Waals surface area contributed by atoms with Crippen molar-refractivity contribution in [2.45, 2.75) is 33.2 Å². The number of nitrogens with zero attached hydrogens (tertiary/aromatic N) is 2. The first-order chi connectivity index (χ1) is 13.0. The van der Waals surface area contributed by atoms with Gasteiger partial charge in [0.2, 0.25) is 0 Å². The van der Waals surface area contributed by atoms with Gasteiger partial charge in [-0.2, -0.15) is 0 Å². The van der Waals surface area contributed by atoms with Gasteiger partial charge in [-0.05, 0) is 60.2 Å². The molecule has 6 nitrogen and oxygen atoms in total. The van der Waals surface area contributed by atoms with Crippen LogP contribution >= 0.6 is 0 Å². The van der Waals surface area contributed by atoms with E-state index in [0.717, 1.165) is 18.4 Å². The lowest BCUT2D eigenvalue weighted by molar-refractivity contribution is 0.0952. The lowest BCUT2D eigenvalue weighted by Crippen LogP contribution is -2.38. The van der Waals surface area contributed by atoms with E-state index < -0.39 is 0 Å². The molecule has 0 unspecified atom stereocenters. The summed E-state index contributed by atoms with van der Waals surface area (Å²) in [6.45, 7) is 6.17. The summed E-state index contributed by atoms with van der Waals surface area (Å²) in [7, 11) is 0. The molecule has 3 amide bonds. The van der Waals surface area contributed by atoms with E-state index in [1.807, 2.05) is 12.3 Å². The highest BCUT2D eigenvalue weighted by molar-refractivity contribution is 5.95. The summed E-state index contributed by atoms with van der Waals surface area (Å²) in [6.07, 6.45) is 5.39. The average molecular weight is 366 g/mol. The molecule has 1 aliphatic heterocycles. The molecule has 142 valence electrons. The zero-order valence-electron chi connectivity index (χ0n) is 15.9. The Morgan fingerprint density at radius 1 is 1.15 bits per heavy atom. The average Bonchev–Trinajstić information content (AvgIpc) is 2.67. The second kappa shape index (κ2) is 8.66. The second-order valence-corrected chi connectivity index (χ2v) is 7.26. The van der Waals surface area contributed by atoms with Crippen LogP contribution in [0.1, 0.15) is 41.8 Å². The van der Waals surface area contributed by atoms with Crippen molar-refractivity contribution in [3.63, 3.8) is 0 Å². The van der Waals surface area contributed by atoms with Crippen molar-refractivity contribution in [1.82, 2.24) is 15.2 Å². The van der Waals surface area contributed by atoms with Crippen LogP contribution in [0.5, 0.6) is 0 Å². The first kappa shape index (κ1) is 18.9. The first-order valence-corrected chi connectivity index (χ1v) is 9.39. The van der Waals surface area contributed by atoms with Gasteiger partial charge < -0.3 is 15.5 Å². The van der Waals surface area contributed by atoms with Crippen LogP contribution in [-0.2, 0) is 13.0 Å². The monoisotopic (exact) mass is 366 g/mol. The number of hydrogen-bond donors (Lipinski definition) is 2. The Kier molecular flexibility index (Phi) is 6.06. The topological polar surface area (TPSA) is 74.3 Å². The summed E-state index contributed by atoms with van der Waals surface area (Å²) in [6, 6.07) is 8.82. The maximum absolute atomic E-state index is 12.5. The normalized spacial score (nSPS) is 13.2. The number of rotatable bonds is 5. The number of benzene rings is 1. The van der Waals surface area contributed by atoms with E-state index in [0.29, 0.717) is 36.8 Å². The van der Waals surface area contributed by atoms with Crippen LogP contribution in [0.2, 0.25) is 0 Å². The fourth-order valence-electron chi connectivity index (χ4n) is 3.03. The molecular formula is C21H26N4O2. The van der Waals surface area contributed by atoms with E-state index in [1.165, 1.54) is 5.56 Å². The fourth-order valence-corrected chi connectivity index (χ4v) is 3.03. The van der Waals surface area contributed by atoms with E-state index >= 15 is 0 Å². The van der Waals surface area contributed by atoms with E-state index in [2.05, 4.69) is 29.5 Å². The number of urea groups is 1. The standard InChI is InChI=1S/C21H26N4O2/c1-15(2)7-11-23-20(26)16-3-5-19(6-4-16)24-21(27)25-12-9-17-13-22-10-8-18(17)14-25/h3-6,8,10,13,15H,7,9,11-12,14H2,1-2H3,(H,23,26)(H,24,27).